The van der Waals surface area contributed by atoms with Crippen LogP contribution in [0.4, 0.5) is 18.9 Å². The number of rotatable bonds is 7. The van der Waals surface area contributed by atoms with Crippen molar-refractivity contribution in [1.82, 2.24) is 15.2 Å². The maximum atomic E-state index is 12.2. The van der Waals surface area contributed by atoms with Gasteiger partial charge in [0.25, 0.3) is 0 Å². The zero-order valence-electron chi connectivity index (χ0n) is 14.4. The first-order valence-electron chi connectivity index (χ1n) is 8.01. The Morgan fingerprint density at radius 1 is 1.15 bits per heavy atom. The summed E-state index contributed by atoms with van der Waals surface area (Å²) in [6, 6.07) is 10.6. The molecule has 2 aromatic heterocycles. The van der Waals surface area contributed by atoms with E-state index in [1.54, 1.807) is 19.4 Å². The van der Waals surface area contributed by atoms with Crippen LogP contribution in [-0.4, -0.2) is 35.1 Å². The molecule has 3 rings (SSSR count). The van der Waals surface area contributed by atoms with Gasteiger partial charge in [0.15, 0.2) is 6.61 Å². The Labute approximate surface area is 153 Å². The quantitative estimate of drug-likeness (QED) is 0.649. The first-order valence-corrected chi connectivity index (χ1v) is 8.01. The van der Waals surface area contributed by atoms with Crippen LogP contribution < -0.4 is 14.8 Å². The molecule has 2 N–H and O–H groups in total. The van der Waals surface area contributed by atoms with E-state index in [2.05, 4.69) is 25.2 Å². The third kappa shape index (κ3) is 5.13. The van der Waals surface area contributed by atoms with Gasteiger partial charge in [-0.3, -0.25) is 5.10 Å². The highest BCUT2D eigenvalue weighted by atomic mass is 19.4. The second-order valence-electron chi connectivity index (χ2n) is 5.64. The molecule has 142 valence electrons. The van der Waals surface area contributed by atoms with Gasteiger partial charge in [0, 0.05) is 35.6 Å². The number of benzene rings is 1. The van der Waals surface area contributed by atoms with Crippen molar-refractivity contribution in [3.05, 3.63) is 54.4 Å². The Hall–Kier alpha value is -3.23. The summed E-state index contributed by atoms with van der Waals surface area (Å²) in [6.45, 7) is -0.965. The molecule has 9 heteroatoms. The number of nitrogens with one attached hydrogen (secondary N) is 2. The minimum Gasteiger partial charge on any atom is -0.497 e. The lowest BCUT2D eigenvalue weighted by Crippen LogP contribution is -2.19. The van der Waals surface area contributed by atoms with Gasteiger partial charge in [-0.1, -0.05) is 0 Å². The lowest BCUT2D eigenvalue weighted by Gasteiger charge is -2.11. The Morgan fingerprint density at radius 3 is 2.63 bits per heavy atom. The van der Waals surface area contributed by atoms with E-state index in [0.29, 0.717) is 12.2 Å². The summed E-state index contributed by atoms with van der Waals surface area (Å²) in [6.07, 6.45) is -1.34. The Balaban J connectivity index is 1.66. The number of anilines is 1. The summed E-state index contributed by atoms with van der Waals surface area (Å²) in [7, 11) is 1.60. The van der Waals surface area contributed by atoms with E-state index in [-0.39, 0.29) is 5.88 Å². The predicted octanol–water partition coefficient (Wildman–Crippen LogP) is 4.03. The molecular formula is C18H17F3N4O2. The Bertz CT molecular complexity index is 879. The van der Waals surface area contributed by atoms with Crippen LogP contribution in [0.15, 0.2) is 48.8 Å². The van der Waals surface area contributed by atoms with Crippen molar-refractivity contribution >= 4 is 5.69 Å². The van der Waals surface area contributed by atoms with Crippen LogP contribution in [0, 0.1) is 0 Å². The Morgan fingerprint density at radius 2 is 1.93 bits per heavy atom. The third-order valence-electron chi connectivity index (χ3n) is 3.70. The summed E-state index contributed by atoms with van der Waals surface area (Å²) in [4.78, 5) is 3.78. The number of halogens is 3. The number of aromatic amines is 1. The van der Waals surface area contributed by atoms with Crippen LogP contribution in [-0.2, 0) is 6.54 Å². The van der Waals surface area contributed by atoms with Crippen molar-refractivity contribution in [3.63, 3.8) is 0 Å². The average Bonchev–Trinajstić information content (AvgIpc) is 3.13. The maximum absolute atomic E-state index is 12.2. The highest BCUT2D eigenvalue weighted by Crippen LogP contribution is 2.25. The third-order valence-corrected chi connectivity index (χ3v) is 3.70. The summed E-state index contributed by atoms with van der Waals surface area (Å²) in [5.74, 6) is 0.654. The number of aromatic nitrogens is 3. The molecule has 1 aromatic carbocycles. The first kappa shape index (κ1) is 18.6. The predicted molar refractivity (Wildman–Crippen MR) is 93.7 cm³/mol. The molecule has 0 radical (unpaired) electrons. The zero-order chi connectivity index (χ0) is 19.3. The van der Waals surface area contributed by atoms with E-state index in [4.69, 9.17) is 4.74 Å². The van der Waals surface area contributed by atoms with Crippen LogP contribution >= 0.6 is 0 Å². The van der Waals surface area contributed by atoms with Gasteiger partial charge >= 0.3 is 6.18 Å². The standard InChI is InChI=1S/C18H17F3N4O2/c1-26-15-4-2-12(3-5-15)17-13(10-24-25-17)9-23-14-6-7-22-16(8-14)27-11-18(19,20)21/h2-8,10H,9,11H2,1H3,(H,22,23)(H,24,25). The van der Waals surface area contributed by atoms with Crippen molar-refractivity contribution in [2.75, 3.05) is 19.0 Å². The number of hydrogen-bond donors (Lipinski definition) is 2. The number of hydrogen-bond acceptors (Lipinski definition) is 5. The zero-order valence-corrected chi connectivity index (χ0v) is 14.4. The van der Waals surface area contributed by atoms with E-state index in [0.717, 1.165) is 22.6 Å². The molecule has 0 aliphatic heterocycles. The molecule has 6 nitrogen and oxygen atoms in total. The highest BCUT2D eigenvalue weighted by Gasteiger charge is 2.28. The number of ether oxygens (including phenoxy) is 2. The molecular weight excluding hydrogens is 361 g/mol. The Kier molecular flexibility index (Phi) is 5.49. The van der Waals surface area contributed by atoms with Crippen LogP contribution in [0.3, 0.4) is 0 Å². The molecule has 2 heterocycles. The highest BCUT2D eigenvalue weighted by molar-refractivity contribution is 5.64. The van der Waals surface area contributed by atoms with Crippen molar-refractivity contribution < 1.29 is 22.6 Å². The van der Waals surface area contributed by atoms with Crippen LogP contribution in [0.5, 0.6) is 11.6 Å². The molecule has 0 saturated heterocycles. The maximum Gasteiger partial charge on any atom is 0.422 e. The lowest BCUT2D eigenvalue weighted by molar-refractivity contribution is -0.154. The minimum atomic E-state index is -4.41. The van der Waals surface area contributed by atoms with Gasteiger partial charge in [-0.2, -0.15) is 18.3 Å². The van der Waals surface area contributed by atoms with Crippen molar-refractivity contribution in [3.8, 4) is 22.9 Å². The van der Waals surface area contributed by atoms with Gasteiger partial charge in [-0.05, 0) is 30.3 Å². The smallest absolute Gasteiger partial charge is 0.422 e. The molecule has 3 aromatic rings. The number of alkyl halides is 3. The second kappa shape index (κ2) is 7.98. The number of nitrogens with zero attached hydrogens (tertiary/aromatic N) is 2. The molecule has 0 bridgehead atoms. The molecule has 0 saturated carbocycles. The van der Waals surface area contributed by atoms with E-state index in [1.165, 1.54) is 12.3 Å². The molecule has 0 aliphatic carbocycles. The van der Waals surface area contributed by atoms with Gasteiger partial charge < -0.3 is 14.8 Å². The molecule has 0 atom stereocenters. The fourth-order valence-corrected chi connectivity index (χ4v) is 2.40. The second-order valence-corrected chi connectivity index (χ2v) is 5.64. The molecule has 0 unspecified atom stereocenters. The van der Waals surface area contributed by atoms with Crippen LogP contribution in [0.2, 0.25) is 0 Å². The minimum absolute atomic E-state index is 0.0973. The van der Waals surface area contributed by atoms with E-state index < -0.39 is 12.8 Å². The molecule has 0 aliphatic rings. The SMILES string of the molecule is COc1ccc(-c2[nH]ncc2CNc2ccnc(OCC(F)(F)F)c2)cc1. The van der Waals surface area contributed by atoms with Gasteiger partial charge in [0.05, 0.1) is 19.0 Å². The average molecular weight is 378 g/mol. The monoisotopic (exact) mass is 378 g/mol. The van der Waals surface area contributed by atoms with Gasteiger partial charge in [-0.25, -0.2) is 4.98 Å². The van der Waals surface area contributed by atoms with E-state index >= 15 is 0 Å². The lowest BCUT2D eigenvalue weighted by atomic mass is 10.1. The van der Waals surface area contributed by atoms with Crippen LogP contribution in [0.25, 0.3) is 11.3 Å². The molecule has 0 amide bonds. The summed E-state index contributed by atoms with van der Waals surface area (Å²) in [5, 5.41) is 10.2. The van der Waals surface area contributed by atoms with E-state index in [9.17, 15) is 13.2 Å². The van der Waals surface area contributed by atoms with Gasteiger partial charge in [0.1, 0.15) is 5.75 Å². The fourth-order valence-electron chi connectivity index (χ4n) is 2.40. The fraction of sp³-hybridized carbons (Fsp3) is 0.222. The molecule has 27 heavy (non-hydrogen) atoms. The number of methoxy groups -OCH3 is 1. The number of H-pyrrole nitrogens is 1. The van der Waals surface area contributed by atoms with Crippen LogP contribution in [0.1, 0.15) is 5.56 Å². The van der Waals surface area contributed by atoms with Crippen molar-refractivity contribution in [1.29, 1.82) is 0 Å². The van der Waals surface area contributed by atoms with E-state index in [1.807, 2.05) is 24.3 Å². The van der Waals surface area contributed by atoms with Gasteiger partial charge in [0.2, 0.25) is 5.88 Å². The summed E-state index contributed by atoms with van der Waals surface area (Å²) >= 11 is 0. The van der Waals surface area contributed by atoms with Crippen molar-refractivity contribution in [2.45, 2.75) is 12.7 Å². The summed E-state index contributed by atoms with van der Waals surface area (Å²) in [5.41, 5.74) is 3.26. The van der Waals surface area contributed by atoms with Crippen molar-refractivity contribution in [2.24, 2.45) is 0 Å². The number of pyridine rings is 1. The molecule has 0 fully saturated rings. The van der Waals surface area contributed by atoms with Gasteiger partial charge in [-0.15, -0.1) is 0 Å². The summed E-state index contributed by atoms with van der Waals surface area (Å²) < 4.78 is 46.5. The largest absolute Gasteiger partial charge is 0.497 e. The topological polar surface area (TPSA) is 72.1 Å². The first-order chi connectivity index (χ1) is 12.9. The molecule has 0 spiro atoms. The normalized spacial score (nSPS) is 11.3.